The molecule has 2 nitrogen and oxygen atoms in total. The Morgan fingerprint density at radius 1 is 1.28 bits per heavy atom. The van der Waals surface area contributed by atoms with Gasteiger partial charge in [-0.2, -0.15) is 0 Å². The quantitative estimate of drug-likeness (QED) is 0.936. The van der Waals surface area contributed by atoms with E-state index in [9.17, 15) is 0 Å². The normalized spacial score (nSPS) is 16.8. The lowest BCUT2D eigenvalue weighted by Gasteiger charge is -2.25. The van der Waals surface area contributed by atoms with Crippen LogP contribution in [0.15, 0.2) is 40.2 Å². The molecular weight excluding hydrogens is 308 g/mol. The highest BCUT2D eigenvalue weighted by Crippen LogP contribution is 2.34. The van der Waals surface area contributed by atoms with Crippen LogP contribution in [0.1, 0.15) is 22.0 Å². The van der Waals surface area contributed by atoms with Crippen LogP contribution in [0.5, 0.6) is 0 Å². The minimum absolute atomic E-state index is 0.327. The van der Waals surface area contributed by atoms with Gasteiger partial charge in [-0.1, -0.05) is 24.3 Å². The minimum Gasteiger partial charge on any atom is -0.329 e. The largest absolute Gasteiger partial charge is 0.329 e. The van der Waals surface area contributed by atoms with E-state index in [1.807, 2.05) is 0 Å². The van der Waals surface area contributed by atoms with Gasteiger partial charge in [0.25, 0.3) is 0 Å². The Morgan fingerprint density at radius 3 is 2.44 bits per heavy atom. The Bertz CT molecular complexity index is 527. The Balaban J connectivity index is 1.83. The van der Waals surface area contributed by atoms with Crippen LogP contribution in [-0.4, -0.2) is 11.4 Å². The summed E-state index contributed by atoms with van der Waals surface area (Å²) in [7, 11) is 0. The van der Waals surface area contributed by atoms with Gasteiger partial charge in [0.2, 0.25) is 0 Å². The van der Waals surface area contributed by atoms with Crippen LogP contribution in [-0.2, 0) is 13.1 Å². The molecule has 0 amide bonds. The van der Waals surface area contributed by atoms with E-state index in [1.54, 1.807) is 11.3 Å². The lowest BCUT2D eigenvalue weighted by atomic mass is 10.1. The van der Waals surface area contributed by atoms with Crippen LogP contribution in [0, 0.1) is 0 Å². The van der Waals surface area contributed by atoms with Crippen LogP contribution in [0.4, 0.5) is 0 Å². The number of nitrogens with zero attached hydrogens (tertiary/aromatic N) is 1. The number of fused-ring (bicyclic) bond motifs is 1. The van der Waals surface area contributed by atoms with E-state index < -0.39 is 0 Å². The summed E-state index contributed by atoms with van der Waals surface area (Å²) in [5.74, 6) is 0. The molecule has 4 heteroatoms. The molecule has 1 atom stereocenters. The van der Waals surface area contributed by atoms with Gasteiger partial charge in [-0.15, -0.1) is 11.3 Å². The van der Waals surface area contributed by atoms with Gasteiger partial charge in [0.05, 0.1) is 6.04 Å². The molecule has 1 aromatic carbocycles. The van der Waals surface area contributed by atoms with Gasteiger partial charge in [-0.05, 0) is 33.1 Å². The zero-order chi connectivity index (χ0) is 12.5. The van der Waals surface area contributed by atoms with E-state index in [-0.39, 0.29) is 0 Å². The van der Waals surface area contributed by atoms with E-state index in [1.165, 1.54) is 16.0 Å². The number of nitrogens with two attached hydrogens (primary N) is 1. The van der Waals surface area contributed by atoms with E-state index >= 15 is 0 Å². The van der Waals surface area contributed by atoms with Crippen molar-refractivity contribution in [2.75, 3.05) is 6.54 Å². The summed E-state index contributed by atoms with van der Waals surface area (Å²) < 4.78 is 1.15. The molecule has 3 rings (SSSR count). The maximum atomic E-state index is 5.98. The number of thiophene rings is 1. The van der Waals surface area contributed by atoms with E-state index in [2.05, 4.69) is 56.5 Å². The molecule has 2 heterocycles. The first-order chi connectivity index (χ1) is 8.78. The Kier molecular flexibility index (Phi) is 3.52. The molecule has 1 aromatic heterocycles. The van der Waals surface area contributed by atoms with Crippen molar-refractivity contribution in [3.63, 3.8) is 0 Å². The van der Waals surface area contributed by atoms with Crippen molar-refractivity contribution in [3.05, 3.63) is 56.2 Å². The molecule has 0 spiro atoms. The molecule has 0 bridgehead atoms. The second-order valence-electron chi connectivity index (χ2n) is 4.59. The highest BCUT2D eigenvalue weighted by Gasteiger charge is 2.26. The first kappa shape index (κ1) is 12.4. The lowest BCUT2D eigenvalue weighted by Crippen LogP contribution is -2.28. The third-order valence-electron chi connectivity index (χ3n) is 3.45. The van der Waals surface area contributed by atoms with E-state index in [0.29, 0.717) is 12.6 Å². The van der Waals surface area contributed by atoms with Gasteiger partial charge in [0.1, 0.15) is 0 Å². The maximum Gasteiger partial charge on any atom is 0.0571 e. The fourth-order valence-corrected chi connectivity index (χ4v) is 4.12. The molecule has 0 aliphatic carbocycles. The number of halogens is 1. The lowest BCUT2D eigenvalue weighted by molar-refractivity contribution is 0.208. The molecule has 1 unspecified atom stereocenters. The first-order valence-electron chi connectivity index (χ1n) is 6.03. The molecule has 1 aliphatic rings. The van der Waals surface area contributed by atoms with Crippen LogP contribution in [0.2, 0.25) is 0 Å². The zero-order valence-electron chi connectivity index (χ0n) is 9.97. The molecule has 94 valence electrons. The van der Waals surface area contributed by atoms with Gasteiger partial charge in [0, 0.05) is 34.4 Å². The Morgan fingerprint density at radius 2 is 1.94 bits per heavy atom. The SMILES string of the molecule is NCC(c1cc(Br)cs1)N1Cc2ccccc2C1. The van der Waals surface area contributed by atoms with Gasteiger partial charge >= 0.3 is 0 Å². The molecule has 18 heavy (non-hydrogen) atoms. The van der Waals surface area contributed by atoms with Crippen LogP contribution in [0.25, 0.3) is 0 Å². The second kappa shape index (κ2) is 5.13. The second-order valence-corrected chi connectivity index (χ2v) is 6.45. The molecule has 1 aliphatic heterocycles. The predicted molar refractivity (Wildman–Crippen MR) is 79.5 cm³/mol. The highest BCUT2D eigenvalue weighted by atomic mass is 79.9. The van der Waals surface area contributed by atoms with Crippen molar-refractivity contribution in [1.82, 2.24) is 4.90 Å². The molecule has 0 saturated carbocycles. The summed E-state index contributed by atoms with van der Waals surface area (Å²) in [6.07, 6.45) is 0. The minimum atomic E-state index is 0.327. The number of hydrogen-bond acceptors (Lipinski definition) is 3. The topological polar surface area (TPSA) is 29.3 Å². The Labute approximate surface area is 120 Å². The summed E-state index contributed by atoms with van der Waals surface area (Å²) in [5.41, 5.74) is 8.85. The summed E-state index contributed by atoms with van der Waals surface area (Å²) in [6.45, 7) is 2.68. The summed E-state index contributed by atoms with van der Waals surface area (Å²) in [5, 5.41) is 2.13. The third kappa shape index (κ3) is 2.26. The number of hydrogen-bond donors (Lipinski definition) is 1. The van der Waals surface area contributed by atoms with Crippen molar-refractivity contribution >= 4 is 27.3 Å². The average molecular weight is 323 g/mol. The van der Waals surface area contributed by atoms with Crippen molar-refractivity contribution in [1.29, 1.82) is 0 Å². The summed E-state index contributed by atoms with van der Waals surface area (Å²) >= 11 is 5.30. The van der Waals surface area contributed by atoms with Crippen LogP contribution < -0.4 is 5.73 Å². The average Bonchev–Trinajstić information content (AvgIpc) is 2.96. The van der Waals surface area contributed by atoms with E-state index in [4.69, 9.17) is 5.73 Å². The van der Waals surface area contributed by atoms with Crippen LogP contribution >= 0.6 is 27.3 Å². The van der Waals surface area contributed by atoms with Gasteiger partial charge < -0.3 is 5.73 Å². The predicted octanol–water partition coefficient (Wildman–Crippen LogP) is 3.53. The van der Waals surface area contributed by atoms with Crippen LogP contribution in [0.3, 0.4) is 0 Å². The maximum absolute atomic E-state index is 5.98. The van der Waals surface area contributed by atoms with Crippen molar-refractivity contribution in [2.45, 2.75) is 19.1 Å². The number of rotatable bonds is 3. The van der Waals surface area contributed by atoms with Crippen molar-refractivity contribution in [2.24, 2.45) is 5.73 Å². The Hall–Kier alpha value is -0.680. The van der Waals surface area contributed by atoms with Crippen molar-refractivity contribution < 1.29 is 0 Å². The fourth-order valence-electron chi connectivity index (χ4n) is 2.53. The first-order valence-corrected chi connectivity index (χ1v) is 7.70. The molecule has 0 fully saturated rings. The fraction of sp³-hybridized carbons (Fsp3) is 0.286. The summed E-state index contributed by atoms with van der Waals surface area (Å²) in [4.78, 5) is 3.81. The third-order valence-corrected chi connectivity index (χ3v) is 5.24. The molecule has 0 saturated heterocycles. The van der Waals surface area contributed by atoms with Gasteiger partial charge in [-0.3, -0.25) is 4.90 Å². The zero-order valence-corrected chi connectivity index (χ0v) is 12.4. The monoisotopic (exact) mass is 322 g/mol. The summed E-state index contributed by atoms with van der Waals surface area (Å²) in [6, 6.07) is 11.2. The standard InChI is InChI=1S/C14H15BrN2S/c15-12-5-14(18-9-12)13(6-16)17-7-10-3-1-2-4-11(10)8-17/h1-5,9,13H,6-8,16H2. The molecule has 2 aromatic rings. The molecule has 2 N–H and O–H groups in total. The smallest absolute Gasteiger partial charge is 0.0571 e. The van der Waals surface area contributed by atoms with Crippen molar-refractivity contribution in [3.8, 4) is 0 Å². The highest BCUT2D eigenvalue weighted by molar-refractivity contribution is 9.10. The number of benzene rings is 1. The van der Waals surface area contributed by atoms with Gasteiger partial charge in [0.15, 0.2) is 0 Å². The van der Waals surface area contributed by atoms with E-state index in [0.717, 1.165) is 17.6 Å². The van der Waals surface area contributed by atoms with Gasteiger partial charge in [-0.25, -0.2) is 0 Å². The molecule has 0 radical (unpaired) electrons. The molecular formula is C14H15BrN2S.